The third-order valence-corrected chi connectivity index (χ3v) is 5.67. The first-order chi connectivity index (χ1) is 15.2. The van der Waals surface area contributed by atoms with Crippen LogP contribution in [0.3, 0.4) is 0 Å². The first-order valence-electron chi connectivity index (χ1n) is 9.58. The van der Waals surface area contributed by atoms with Crippen molar-refractivity contribution in [3.63, 3.8) is 0 Å². The predicted molar refractivity (Wildman–Crippen MR) is 107 cm³/mol. The molecule has 1 N–H and O–H groups in total. The summed E-state index contributed by atoms with van der Waals surface area (Å²) in [5.74, 6) is -13.7. The van der Waals surface area contributed by atoms with E-state index < -0.39 is 67.7 Å². The van der Waals surface area contributed by atoms with Gasteiger partial charge in [0.2, 0.25) is 15.8 Å². The molecule has 0 saturated carbocycles. The van der Waals surface area contributed by atoms with Gasteiger partial charge in [-0.3, -0.25) is 4.79 Å². The second kappa shape index (κ2) is 10.1. The summed E-state index contributed by atoms with van der Waals surface area (Å²) in [6.45, 7) is 5.65. The highest BCUT2D eigenvalue weighted by Gasteiger charge is 2.39. The standard InChI is InChI=1S/C21H22F5NO5S/c1-11(31-10-12-8-6-5-7-9-12)18(20(28)32-21(2,3)4)27-33(29,30)19-16(25)14(23)13(22)15(24)17(19)26/h5-9,11,18,27H,10H2,1-4H3. The maximum absolute atomic E-state index is 14.1. The Bertz CT molecular complexity index is 1090. The van der Waals surface area contributed by atoms with E-state index in [0.29, 0.717) is 5.56 Å². The van der Waals surface area contributed by atoms with Crippen molar-refractivity contribution in [3.8, 4) is 0 Å². The Morgan fingerprint density at radius 3 is 1.91 bits per heavy atom. The molecule has 2 atom stereocenters. The van der Waals surface area contributed by atoms with Crippen molar-refractivity contribution < 1.29 is 44.6 Å². The van der Waals surface area contributed by atoms with Crippen LogP contribution in [0.15, 0.2) is 35.2 Å². The summed E-state index contributed by atoms with van der Waals surface area (Å²) in [4.78, 5) is 10.5. The fourth-order valence-electron chi connectivity index (χ4n) is 2.65. The summed E-state index contributed by atoms with van der Waals surface area (Å²) >= 11 is 0. The van der Waals surface area contributed by atoms with Crippen LogP contribution in [0.2, 0.25) is 0 Å². The zero-order valence-electron chi connectivity index (χ0n) is 18.1. The minimum absolute atomic E-state index is 0.0778. The van der Waals surface area contributed by atoms with Gasteiger partial charge < -0.3 is 9.47 Å². The van der Waals surface area contributed by atoms with E-state index in [1.807, 2.05) is 0 Å². The quantitative estimate of drug-likeness (QED) is 0.259. The van der Waals surface area contributed by atoms with Gasteiger partial charge >= 0.3 is 5.97 Å². The largest absolute Gasteiger partial charge is 0.459 e. The number of nitrogens with one attached hydrogen (secondary N) is 1. The average molecular weight is 495 g/mol. The maximum Gasteiger partial charge on any atom is 0.327 e. The zero-order chi connectivity index (χ0) is 25.1. The number of benzene rings is 2. The fourth-order valence-corrected chi connectivity index (χ4v) is 4.04. The summed E-state index contributed by atoms with van der Waals surface area (Å²) in [7, 11) is -5.44. The average Bonchev–Trinajstić information content (AvgIpc) is 2.72. The molecule has 0 fully saturated rings. The molecule has 0 saturated heterocycles. The van der Waals surface area contributed by atoms with Crippen LogP contribution in [-0.4, -0.2) is 32.1 Å². The van der Waals surface area contributed by atoms with Crippen LogP contribution in [0.5, 0.6) is 0 Å². The van der Waals surface area contributed by atoms with Gasteiger partial charge in [-0.15, -0.1) is 0 Å². The number of hydrogen-bond donors (Lipinski definition) is 1. The number of ether oxygens (including phenoxy) is 2. The molecule has 0 spiro atoms. The first-order valence-corrected chi connectivity index (χ1v) is 11.1. The molecule has 182 valence electrons. The second-order valence-electron chi connectivity index (χ2n) is 8.03. The number of carbonyl (C=O) groups is 1. The van der Waals surface area contributed by atoms with Gasteiger partial charge in [-0.1, -0.05) is 30.3 Å². The maximum atomic E-state index is 14.1. The molecule has 0 bridgehead atoms. The molecule has 2 rings (SSSR count). The van der Waals surface area contributed by atoms with Gasteiger partial charge in [-0.25, -0.2) is 30.4 Å². The van der Waals surface area contributed by atoms with E-state index in [2.05, 4.69) is 0 Å². The molecule has 0 aliphatic rings. The third-order valence-electron chi connectivity index (χ3n) is 4.21. The number of sulfonamides is 1. The van der Waals surface area contributed by atoms with Gasteiger partial charge in [-0.05, 0) is 33.3 Å². The summed E-state index contributed by atoms with van der Waals surface area (Å²) in [5, 5.41) is 0. The number of esters is 1. The van der Waals surface area contributed by atoms with E-state index >= 15 is 0 Å². The Morgan fingerprint density at radius 2 is 1.42 bits per heavy atom. The van der Waals surface area contributed by atoms with Crippen molar-refractivity contribution in [1.82, 2.24) is 4.72 Å². The lowest BCUT2D eigenvalue weighted by molar-refractivity contribution is -0.161. The summed E-state index contributed by atoms with van der Waals surface area (Å²) in [5.41, 5.74) is -0.431. The molecule has 12 heteroatoms. The van der Waals surface area contributed by atoms with Crippen LogP contribution >= 0.6 is 0 Å². The lowest BCUT2D eigenvalue weighted by Gasteiger charge is -2.28. The number of rotatable bonds is 8. The zero-order valence-corrected chi connectivity index (χ0v) is 18.9. The summed E-state index contributed by atoms with van der Waals surface area (Å²) < 4.78 is 106. The smallest absolute Gasteiger partial charge is 0.327 e. The van der Waals surface area contributed by atoms with Crippen LogP contribution in [0, 0.1) is 29.1 Å². The van der Waals surface area contributed by atoms with Gasteiger partial charge in [0.15, 0.2) is 28.2 Å². The number of hydrogen-bond acceptors (Lipinski definition) is 5. The van der Waals surface area contributed by atoms with Gasteiger partial charge in [0.05, 0.1) is 12.7 Å². The summed E-state index contributed by atoms with van der Waals surface area (Å²) in [6, 6.07) is 6.66. The SMILES string of the molecule is CC(OCc1ccccc1)C(NS(=O)(=O)c1c(F)c(F)c(F)c(F)c1F)C(=O)OC(C)(C)C. The molecule has 0 aliphatic carbocycles. The van der Waals surface area contributed by atoms with Crippen molar-refractivity contribution in [3.05, 3.63) is 65.0 Å². The lowest BCUT2D eigenvalue weighted by atomic mass is 10.1. The van der Waals surface area contributed by atoms with Gasteiger partial charge in [0, 0.05) is 0 Å². The molecule has 0 aromatic heterocycles. The minimum Gasteiger partial charge on any atom is -0.459 e. The molecule has 0 radical (unpaired) electrons. The first kappa shape index (κ1) is 26.7. The Kier molecular flexibility index (Phi) is 8.20. The molecule has 2 unspecified atom stereocenters. The van der Waals surface area contributed by atoms with Crippen molar-refractivity contribution in [2.75, 3.05) is 0 Å². The van der Waals surface area contributed by atoms with Gasteiger partial charge in [0.1, 0.15) is 11.6 Å². The summed E-state index contributed by atoms with van der Waals surface area (Å²) in [6.07, 6.45) is -1.27. The Morgan fingerprint density at radius 1 is 0.939 bits per heavy atom. The van der Waals surface area contributed by atoms with Crippen LogP contribution in [-0.2, 0) is 30.9 Å². The lowest BCUT2D eigenvalue weighted by Crippen LogP contribution is -2.51. The van der Waals surface area contributed by atoms with Crippen LogP contribution in [0.25, 0.3) is 0 Å². The normalized spacial score (nSPS) is 14.1. The predicted octanol–water partition coefficient (Wildman–Crippen LogP) is 3.98. The van der Waals surface area contributed by atoms with Crippen molar-refractivity contribution in [2.24, 2.45) is 0 Å². The van der Waals surface area contributed by atoms with Crippen molar-refractivity contribution >= 4 is 16.0 Å². The molecule has 6 nitrogen and oxygen atoms in total. The Balaban J connectivity index is 2.42. The van der Waals surface area contributed by atoms with E-state index in [1.54, 1.807) is 35.1 Å². The minimum atomic E-state index is -5.44. The molecular weight excluding hydrogens is 473 g/mol. The van der Waals surface area contributed by atoms with Gasteiger partial charge in [0.25, 0.3) is 0 Å². The molecule has 2 aromatic carbocycles. The highest BCUT2D eigenvalue weighted by atomic mass is 32.2. The van der Waals surface area contributed by atoms with E-state index in [9.17, 15) is 35.2 Å². The van der Waals surface area contributed by atoms with Crippen LogP contribution in [0.1, 0.15) is 33.3 Å². The van der Waals surface area contributed by atoms with E-state index in [4.69, 9.17) is 9.47 Å². The number of carbonyl (C=O) groups excluding carboxylic acids is 1. The molecular formula is C21H22F5NO5S. The van der Waals surface area contributed by atoms with Gasteiger partial charge in [-0.2, -0.15) is 4.72 Å². The molecule has 0 aliphatic heterocycles. The Labute approximate surface area is 187 Å². The van der Waals surface area contributed by atoms with E-state index in [0.717, 1.165) is 0 Å². The highest BCUT2D eigenvalue weighted by Crippen LogP contribution is 2.27. The van der Waals surface area contributed by atoms with Crippen LogP contribution < -0.4 is 4.72 Å². The molecule has 0 heterocycles. The molecule has 33 heavy (non-hydrogen) atoms. The molecule has 2 aromatic rings. The highest BCUT2D eigenvalue weighted by molar-refractivity contribution is 7.89. The second-order valence-corrected chi connectivity index (χ2v) is 9.68. The third kappa shape index (κ3) is 6.49. The Hall–Kier alpha value is -2.57. The fraction of sp³-hybridized carbons (Fsp3) is 0.381. The van der Waals surface area contributed by atoms with E-state index in [1.165, 1.54) is 27.7 Å². The molecule has 0 amide bonds. The number of halogens is 5. The van der Waals surface area contributed by atoms with Crippen molar-refractivity contribution in [2.45, 2.75) is 56.9 Å². The topological polar surface area (TPSA) is 81.7 Å². The van der Waals surface area contributed by atoms with E-state index in [-0.39, 0.29) is 6.61 Å². The van der Waals surface area contributed by atoms with Crippen molar-refractivity contribution in [1.29, 1.82) is 0 Å². The van der Waals surface area contributed by atoms with Crippen LogP contribution in [0.4, 0.5) is 22.0 Å². The monoisotopic (exact) mass is 495 g/mol.